The minimum Gasteiger partial charge on any atom is -0.465 e. The van der Waals surface area contributed by atoms with E-state index in [1.54, 1.807) is 18.3 Å². The van der Waals surface area contributed by atoms with Gasteiger partial charge in [-0.25, -0.2) is 4.79 Å². The summed E-state index contributed by atoms with van der Waals surface area (Å²) in [5.74, 6) is 0.446. The van der Waals surface area contributed by atoms with Gasteiger partial charge >= 0.3 is 5.97 Å². The van der Waals surface area contributed by atoms with Crippen molar-refractivity contribution in [2.75, 3.05) is 7.11 Å². The van der Waals surface area contributed by atoms with E-state index in [1.807, 2.05) is 0 Å². The largest absolute Gasteiger partial charge is 0.465 e. The first-order valence-corrected chi connectivity index (χ1v) is 4.83. The molecule has 1 aliphatic carbocycles. The van der Waals surface area contributed by atoms with Crippen LogP contribution in [0.3, 0.4) is 0 Å². The number of pyridine rings is 1. The van der Waals surface area contributed by atoms with E-state index in [9.17, 15) is 4.79 Å². The second kappa shape index (κ2) is 3.78. The second-order valence-corrected chi connectivity index (χ2v) is 3.64. The van der Waals surface area contributed by atoms with Crippen molar-refractivity contribution in [2.45, 2.75) is 19.3 Å². The molecule has 0 aliphatic heterocycles. The maximum atomic E-state index is 11.4. The molecular formula is C11H13NO2. The monoisotopic (exact) mass is 191 g/mol. The first-order chi connectivity index (χ1) is 6.81. The molecule has 2 rings (SSSR count). The number of aromatic nitrogens is 1. The minimum atomic E-state index is -0.284. The van der Waals surface area contributed by atoms with Gasteiger partial charge in [0, 0.05) is 6.20 Å². The Balaban J connectivity index is 2.22. The van der Waals surface area contributed by atoms with E-state index in [4.69, 9.17) is 4.74 Å². The fourth-order valence-electron chi connectivity index (χ4n) is 1.49. The van der Waals surface area contributed by atoms with Gasteiger partial charge in [-0.15, -0.1) is 0 Å². The third kappa shape index (κ3) is 1.92. The van der Waals surface area contributed by atoms with Crippen molar-refractivity contribution in [2.24, 2.45) is 5.92 Å². The number of methoxy groups -OCH3 is 1. The molecule has 74 valence electrons. The van der Waals surface area contributed by atoms with Gasteiger partial charge in [0.15, 0.2) is 0 Å². The first-order valence-electron chi connectivity index (χ1n) is 4.83. The molecule has 0 atom stereocenters. The van der Waals surface area contributed by atoms with Gasteiger partial charge in [-0.1, -0.05) is 0 Å². The summed E-state index contributed by atoms with van der Waals surface area (Å²) in [6, 6.07) is 3.54. The highest BCUT2D eigenvalue weighted by atomic mass is 16.5. The molecule has 0 spiro atoms. The van der Waals surface area contributed by atoms with Gasteiger partial charge in [0.2, 0.25) is 0 Å². The maximum absolute atomic E-state index is 11.4. The summed E-state index contributed by atoms with van der Waals surface area (Å²) in [5.41, 5.74) is 1.49. The minimum absolute atomic E-state index is 0.284. The van der Waals surface area contributed by atoms with Crippen LogP contribution >= 0.6 is 0 Å². The van der Waals surface area contributed by atoms with E-state index >= 15 is 0 Å². The molecule has 1 heterocycles. The third-order valence-corrected chi connectivity index (χ3v) is 2.47. The molecule has 0 bridgehead atoms. The molecule has 1 aliphatic rings. The Kier molecular flexibility index (Phi) is 2.48. The molecule has 14 heavy (non-hydrogen) atoms. The van der Waals surface area contributed by atoms with Crippen molar-refractivity contribution in [1.82, 2.24) is 4.98 Å². The first kappa shape index (κ1) is 9.19. The Bertz CT molecular complexity index is 345. The van der Waals surface area contributed by atoms with Crippen LogP contribution in [0.4, 0.5) is 0 Å². The Labute approximate surface area is 83.1 Å². The van der Waals surface area contributed by atoms with Crippen molar-refractivity contribution in [3.8, 4) is 0 Å². The van der Waals surface area contributed by atoms with Crippen molar-refractivity contribution in [3.05, 3.63) is 29.6 Å². The molecule has 1 aromatic rings. The molecule has 0 unspecified atom stereocenters. The Morgan fingerprint density at radius 1 is 1.64 bits per heavy atom. The zero-order valence-electron chi connectivity index (χ0n) is 8.19. The standard InChI is InChI=1S/C11H13NO2/c1-14-11(13)9-3-2-6-12-10(9)7-8-4-5-8/h2-3,6,8H,4-5,7H2,1H3. The Hall–Kier alpha value is -1.38. The summed E-state index contributed by atoms with van der Waals surface area (Å²) in [6.45, 7) is 0. The van der Waals surface area contributed by atoms with E-state index in [-0.39, 0.29) is 5.97 Å². The predicted molar refractivity (Wildman–Crippen MR) is 52.0 cm³/mol. The number of nitrogens with zero attached hydrogens (tertiary/aromatic N) is 1. The van der Waals surface area contributed by atoms with Crippen LogP contribution in [0.25, 0.3) is 0 Å². The van der Waals surface area contributed by atoms with Crippen LogP contribution in [0.1, 0.15) is 28.9 Å². The van der Waals surface area contributed by atoms with Crippen LogP contribution in [0.15, 0.2) is 18.3 Å². The molecule has 3 nitrogen and oxygen atoms in total. The fraction of sp³-hybridized carbons (Fsp3) is 0.455. The molecule has 0 aromatic carbocycles. The lowest BCUT2D eigenvalue weighted by molar-refractivity contribution is 0.0599. The van der Waals surface area contributed by atoms with Gasteiger partial charge in [0.05, 0.1) is 18.4 Å². The third-order valence-electron chi connectivity index (χ3n) is 2.47. The second-order valence-electron chi connectivity index (χ2n) is 3.64. The zero-order chi connectivity index (χ0) is 9.97. The van der Waals surface area contributed by atoms with Crippen LogP contribution in [0.2, 0.25) is 0 Å². The van der Waals surface area contributed by atoms with Crippen molar-refractivity contribution < 1.29 is 9.53 Å². The summed E-state index contributed by atoms with van der Waals surface area (Å²) in [4.78, 5) is 15.6. The topological polar surface area (TPSA) is 39.2 Å². The molecule has 0 amide bonds. The van der Waals surface area contributed by atoms with Crippen LogP contribution in [-0.2, 0) is 11.2 Å². The van der Waals surface area contributed by atoms with Gasteiger partial charge < -0.3 is 4.74 Å². The summed E-state index contributed by atoms with van der Waals surface area (Å²) in [6.07, 6.45) is 5.16. The van der Waals surface area contributed by atoms with Crippen molar-refractivity contribution in [3.63, 3.8) is 0 Å². The number of ether oxygens (including phenoxy) is 1. The molecule has 0 N–H and O–H groups in total. The van der Waals surface area contributed by atoms with Gasteiger partial charge in [-0.2, -0.15) is 0 Å². The lowest BCUT2D eigenvalue weighted by Gasteiger charge is -2.04. The number of esters is 1. The SMILES string of the molecule is COC(=O)c1cccnc1CC1CC1. The highest BCUT2D eigenvalue weighted by Crippen LogP contribution is 2.32. The summed E-state index contributed by atoms with van der Waals surface area (Å²) < 4.78 is 4.70. The Morgan fingerprint density at radius 2 is 2.43 bits per heavy atom. The number of carbonyl (C=O) groups is 1. The van der Waals surface area contributed by atoms with E-state index in [2.05, 4.69) is 4.98 Å². The van der Waals surface area contributed by atoms with Gasteiger partial charge in [-0.05, 0) is 37.3 Å². The maximum Gasteiger partial charge on any atom is 0.339 e. The predicted octanol–water partition coefficient (Wildman–Crippen LogP) is 1.82. The van der Waals surface area contributed by atoms with Crippen molar-refractivity contribution >= 4 is 5.97 Å². The van der Waals surface area contributed by atoms with Gasteiger partial charge in [0.25, 0.3) is 0 Å². The van der Waals surface area contributed by atoms with Crippen LogP contribution < -0.4 is 0 Å². The molecule has 3 heteroatoms. The Morgan fingerprint density at radius 3 is 3.07 bits per heavy atom. The highest BCUT2D eigenvalue weighted by Gasteiger charge is 2.24. The fourth-order valence-corrected chi connectivity index (χ4v) is 1.49. The van der Waals surface area contributed by atoms with E-state index in [0.717, 1.165) is 18.0 Å². The highest BCUT2D eigenvalue weighted by molar-refractivity contribution is 5.90. The lowest BCUT2D eigenvalue weighted by Crippen LogP contribution is -2.07. The van der Waals surface area contributed by atoms with Gasteiger partial charge in [-0.3, -0.25) is 4.98 Å². The molecule has 0 radical (unpaired) electrons. The summed E-state index contributed by atoms with van der Waals surface area (Å²) >= 11 is 0. The molecular weight excluding hydrogens is 178 g/mol. The molecule has 1 fully saturated rings. The van der Waals surface area contributed by atoms with Crippen LogP contribution in [0.5, 0.6) is 0 Å². The number of carbonyl (C=O) groups excluding carboxylic acids is 1. The van der Waals surface area contributed by atoms with E-state index in [1.165, 1.54) is 20.0 Å². The molecule has 1 saturated carbocycles. The quantitative estimate of drug-likeness (QED) is 0.684. The lowest BCUT2D eigenvalue weighted by atomic mass is 10.1. The van der Waals surface area contributed by atoms with Gasteiger partial charge in [0.1, 0.15) is 0 Å². The van der Waals surface area contributed by atoms with E-state index in [0.29, 0.717) is 5.56 Å². The van der Waals surface area contributed by atoms with E-state index < -0.39 is 0 Å². The number of hydrogen-bond donors (Lipinski definition) is 0. The molecule has 0 saturated heterocycles. The smallest absolute Gasteiger partial charge is 0.339 e. The average molecular weight is 191 g/mol. The number of rotatable bonds is 3. The van der Waals surface area contributed by atoms with Crippen molar-refractivity contribution in [1.29, 1.82) is 0 Å². The zero-order valence-corrected chi connectivity index (χ0v) is 8.19. The van der Waals surface area contributed by atoms with Crippen LogP contribution in [0, 0.1) is 5.92 Å². The number of hydrogen-bond acceptors (Lipinski definition) is 3. The summed E-state index contributed by atoms with van der Waals surface area (Å²) in [7, 11) is 1.40. The molecule has 1 aromatic heterocycles. The van der Waals surface area contributed by atoms with Crippen LogP contribution in [-0.4, -0.2) is 18.1 Å². The summed E-state index contributed by atoms with van der Waals surface area (Å²) in [5, 5.41) is 0. The normalized spacial score (nSPS) is 15.2. The average Bonchev–Trinajstić information content (AvgIpc) is 3.01.